The number of ether oxygens (including phenoxy) is 1. The second-order valence-corrected chi connectivity index (χ2v) is 7.14. The minimum Gasteiger partial charge on any atom is -0.381 e. The molecule has 1 amide bonds. The number of likely N-dealkylation sites (tertiary alicyclic amines) is 1. The number of carbonyl (C=O) groups is 1. The maximum absolute atomic E-state index is 13.4. The van der Waals surface area contributed by atoms with E-state index in [1.54, 1.807) is 0 Å². The average Bonchev–Trinajstić information content (AvgIpc) is 3.34. The molecule has 0 unspecified atom stereocenters. The molecule has 0 spiro atoms. The molecular formula is C20H27N3O2. The number of fused-ring (bicyclic) bond motifs is 1. The number of rotatable bonds is 5. The van der Waals surface area contributed by atoms with Crippen molar-refractivity contribution in [3.8, 4) is 0 Å². The van der Waals surface area contributed by atoms with Crippen LogP contribution in [0.15, 0.2) is 30.5 Å². The molecule has 134 valence electrons. The van der Waals surface area contributed by atoms with Crippen molar-refractivity contribution in [2.24, 2.45) is 0 Å². The largest absolute Gasteiger partial charge is 0.381 e. The highest BCUT2D eigenvalue weighted by Crippen LogP contribution is 2.23. The smallest absolute Gasteiger partial charge is 0.254 e. The van der Waals surface area contributed by atoms with Crippen molar-refractivity contribution < 1.29 is 9.53 Å². The highest BCUT2D eigenvalue weighted by atomic mass is 16.5. The van der Waals surface area contributed by atoms with Gasteiger partial charge in [0.25, 0.3) is 5.91 Å². The molecule has 4 rings (SSSR count). The summed E-state index contributed by atoms with van der Waals surface area (Å²) in [5.41, 5.74) is 1.84. The van der Waals surface area contributed by atoms with E-state index in [1.165, 1.54) is 25.9 Å². The Labute approximate surface area is 148 Å². The summed E-state index contributed by atoms with van der Waals surface area (Å²) in [6.45, 7) is 5.64. The lowest BCUT2D eigenvalue weighted by atomic mass is 10.0. The summed E-state index contributed by atoms with van der Waals surface area (Å²) < 4.78 is 5.52. The van der Waals surface area contributed by atoms with Gasteiger partial charge in [-0.1, -0.05) is 6.07 Å². The number of aromatic amines is 1. The minimum absolute atomic E-state index is 0.163. The number of H-pyrrole nitrogens is 1. The predicted octanol–water partition coefficient (Wildman–Crippen LogP) is 2.88. The summed E-state index contributed by atoms with van der Waals surface area (Å²) in [7, 11) is 0. The van der Waals surface area contributed by atoms with Gasteiger partial charge in [-0.25, -0.2) is 0 Å². The number of benzene rings is 1. The van der Waals surface area contributed by atoms with Crippen LogP contribution in [-0.4, -0.2) is 66.1 Å². The average molecular weight is 341 g/mol. The Bertz CT molecular complexity index is 715. The van der Waals surface area contributed by atoms with Gasteiger partial charge in [0.15, 0.2) is 0 Å². The van der Waals surface area contributed by atoms with E-state index in [2.05, 4.69) is 14.8 Å². The molecule has 2 aliphatic heterocycles. The fourth-order valence-corrected chi connectivity index (χ4v) is 4.13. The molecule has 2 aromatic rings. The van der Waals surface area contributed by atoms with Crippen LogP contribution >= 0.6 is 0 Å². The first-order chi connectivity index (χ1) is 12.3. The lowest BCUT2D eigenvalue weighted by Gasteiger charge is -2.35. The first-order valence-electron chi connectivity index (χ1n) is 9.50. The van der Waals surface area contributed by atoms with Gasteiger partial charge in [0.1, 0.15) is 0 Å². The summed E-state index contributed by atoms with van der Waals surface area (Å²) in [6.07, 6.45) is 6.36. The standard InChI is InChI=1S/C20H27N3O2/c24-20(18-4-3-5-19-17(18)6-9-21-19)23(16-7-14-25-15-8-16)13-12-22-10-1-2-11-22/h3-6,9,16,21H,1-2,7-8,10-15H2. The maximum Gasteiger partial charge on any atom is 0.254 e. The summed E-state index contributed by atoms with van der Waals surface area (Å²) >= 11 is 0. The van der Waals surface area contributed by atoms with Crippen molar-refractivity contribution in [3.05, 3.63) is 36.0 Å². The normalized spacial score (nSPS) is 19.5. The molecule has 0 radical (unpaired) electrons. The first-order valence-corrected chi connectivity index (χ1v) is 9.50. The Morgan fingerprint density at radius 3 is 2.80 bits per heavy atom. The van der Waals surface area contributed by atoms with Crippen LogP contribution < -0.4 is 0 Å². The van der Waals surface area contributed by atoms with Gasteiger partial charge < -0.3 is 19.5 Å². The van der Waals surface area contributed by atoms with Crippen LogP contribution in [0.1, 0.15) is 36.0 Å². The third-order valence-electron chi connectivity index (χ3n) is 5.57. The molecule has 3 heterocycles. The van der Waals surface area contributed by atoms with Gasteiger partial charge in [0.05, 0.1) is 0 Å². The second-order valence-electron chi connectivity index (χ2n) is 7.14. The molecule has 1 aromatic carbocycles. The van der Waals surface area contributed by atoms with Gasteiger partial charge >= 0.3 is 0 Å². The minimum atomic E-state index is 0.163. The van der Waals surface area contributed by atoms with E-state index in [0.717, 1.165) is 55.6 Å². The van der Waals surface area contributed by atoms with Crippen LogP contribution in [0.25, 0.3) is 10.9 Å². The van der Waals surface area contributed by atoms with Crippen LogP contribution in [0.5, 0.6) is 0 Å². The highest BCUT2D eigenvalue weighted by Gasteiger charge is 2.28. The van der Waals surface area contributed by atoms with E-state index in [4.69, 9.17) is 4.74 Å². The summed E-state index contributed by atoms with van der Waals surface area (Å²) in [5, 5.41) is 1.02. The fourth-order valence-electron chi connectivity index (χ4n) is 4.13. The zero-order chi connectivity index (χ0) is 17.1. The van der Waals surface area contributed by atoms with Gasteiger partial charge in [-0.15, -0.1) is 0 Å². The number of carbonyl (C=O) groups excluding carboxylic acids is 1. The van der Waals surface area contributed by atoms with E-state index in [9.17, 15) is 4.79 Å². The van der Waals surface area contributed by atoms with Gasteiger partial charge in [-0.05, 0) is 57.0 Å². The number of aromatic nitrogens is 1. The Balaban J connectivity index is 1.56. The highest BCUT2D eigenvalue weighted by molar-refractivity contribution is 6.06. The van der Waals surface area contributed by atoms with E-state index in [-0.39, 0.29) is 11.9 Å². The monoisotopic (exact) mass is 341 g/mol. The number of amides is 1. The number of nitrogens with one attached hydrogen (secondary N) is 1. The van der Waals surface area contributed by atoms with Crippen molar-refractivity contribution in [1.29, 1.82) is 0 Å². The van der Waals surface area contributed by atoms with Gasteiger partial charge in [-0.3, -0.25) is 4.79 Å². The van der Waals surface area contributed by atoms with Crippen LogP contribution in [-0.2, 0) is 4.74 Å². The molecule has 0 saturated carbocycles. The molecule has 25 heavy (non-hydrogen) atoms. The van der Waals surface area contributed by atoms with Crippen molar-refractivity contribution in [2.45, 2.75) is 31.7 Å². The Hall–Kier alpha value is -1.85. The lowest BCUT2D eigenvalue weighted by Crippen LogP contribution is -2.46. The number of nitrogens with zero attached hydrogens (tertiary/aromatic N) is 2. The maximum atomic E-state index is 13.4. The van der Waals surface area contributed by atoms with Crippen molar-refractivity contribution in [2.75, 3.05) is 39.4 Å². The predicted molar refractivity (Wildman–Crippen MR) is 98.9 cm³/mol. The van der Waals surface area contributed by atoms with Crippen LogP contribution in [0, 0.1) is 0 Å². The van der Waals surface area contributed by atoms with Crippen molar-refractivity contribution in [1.82, 2.24) is 14.8 Å². The van der Waals surface area contributed by atoms with Crippen LogP contribution in [0.4, 0.5) is 0 Å². The van der Waals surface area contributed by atoms with E-state index in [1.807, 2.05) is 30.5 Å². The molecular weight excluding hydrogens is 314 g/mol. The molecule has 5 nitrogen and oxygen atoms in total. The van der Waals surface area contributed by atoms with Crippen LogP contribution in [0.2, 0.25) is 0 Å². The SMILES string of the molecule is O=C(c1cccc2[nH]ccc12)N(CCN1CCCC1)C1CCOCC1. The molecule has 0 bridgehead atoms. The molecule has 2 fully saturated rings. The molecule has 1 N–H and O–H groups in total. The lowest BCUT2D eigenvalue weighted by molar-refractivity contribution is 0.0271. The number of hydrogen-bond donors (Lipinski definition) is 1. The van der Waals surface area contributed by atoms with Crippen molar-refractivity contribution in [3.63, 3.8) is 0 Å². The van der Waals surface area contributed by atoms with Crippen LogP contribution in [0.3, 0.4) is 0 Å². The molecule has 0 aliphatic carbocycles. The quantitative estimate of drug-likeness (QED) is 0.910. The van der Waals surface area contributed by atoms with E-state index < -0.39 is 0 Å². The summed E-state index contributed by atoms with van der Waals surface area (Å²) in [5.74, 6) is 0.163. The Kier molecular flexibility index (Phi) is 5.04. The van der Waals surface area contributed by atoms with Gasteiger partial charge in [0.2, 0.25) is 0 Å². The zero-order valence-corrected chi connectivity index (χ0v) is 14.7. The van der Waals surface area contributed by atoms with Gasteiger partial charge in [-0.2, -0.15) is 0 Å². The molecule has 1 aromatic heterocycles. The molecule has 0 atom stereocenters. The third-order valence-corrected chi connectivity index (χ3v) is 5.57. The Morgan fingerprint density at radius 2 is 2.00 bits per heavy atom. The molecule has 2 aliphatic rings. The summed E-state index contributed by atoms with van der Waals surface area (Å²) in [6, 6.07) is 8.24. The molecule has 2 saturated heterocycles. The fraction of sp³-hybridized carbons (Fsp3) is 0.550. The molecule has 5 heteroatoms. The van der Waals surface area contributed by atoms with Gasteiger partial charge in [0, 0.05) is 55.0 Å². The Morgan fingerprint density at radius 1 is 1.20 bits per heavy atom. The van der Waals surface area contributed by atoms with E-state index >= 15 is 0 Å². The van der Waals surface area contributed by atoms with Crippen molar-refractivity contribution >= 4 is 16.8 Å². The first kappa shape index (κ1) is 16.6. The summed E-state index contributed by atoms with van der Waals surface area (Å²) in [4.78, 5) is 21.2. The zero-order valence-electron chi connectivity index (χ0n) is 14.7. The number of hydrogen-bond acceptors (Lipinski definition) is 3. The van der Waals surface area contributed by atoms with E-state index in [0.29, 0.717) is 0 Å². The second kappa shape index (κ2) is 7.58. The topological polar surface area (TPSA) is 48.6 Å². The third kappa shape index (κ3) is 3.58.